The Labute approximate surface area is 110 Å². The van der Waals surface area contributed by atoms with E-state index < -0.39 is 0 Å². The van der Waals surface area contributed by atoms with Gasteiger partial charge in [-0.15, -0.1) is 11.3 Å². The number of thiophene rings is 1. The van der Waals surface area contributed by atoms with E-state index in [1.807, 2.05) is 11.3 Å². The lowest BCUT2D eigenvalue weighted by atomic mass is 9.87. The second-order valence-electron chi connectivity index (χ2n) is 5.23. The van der Waals surface area contributed by atoms with Crippen LogP contribution in [0.3, 0.4) is 0 Å². The van der Waals surface area contributed by atoms with Gasteiger partial charge < -0.3 is 5.32 Å². The van der Waals surface area contributed by atoms with E-state index in [0.29, 0.717) is 0 Å². The summed E-state index contributed by atoms with van der Waals surface area (Å²) in [7, 11) is 0. The van der Waals surface area contributed by atoms with E-state index in [1.54, 1.807) is 4.88 Å². The van der Waals surface area contributed by atoms with Gasteiger partial charge in [-0.05, 0) is 49.2 Å². The summed E-state index contributed by atoms with van der Waals surface area (Å²) >= 11 is 1.91. The maximum Gasteiger partial charge on any atom is 0.00453 e. The molecule has 2 rings (SSSR count). The fraction of sp³-hybridized carbons (Fsp3) is 0.733. The summed E-state index contributed by atoms with van der Waals surface area (Å²) < 4.78 is 0. The molecule has 1 aliphatic rings. The van der Waals surface area contributed by atoms with Crippen molar-refractivity contribution in [3.05, 3.63) is 22.4 Å². The standard InChI is InChI=1S/C15H25NS/c1-2-16-12-14(13-6-3-4-7-13)9-10-15-8-5-11-17-15/h5,8,11,13-14,16H,2-4,6-7,9-10,12H2,1H3. The van der Waals surface area contributed by atoms with Crippen LogP contribution in [-0.2, 0) is 6.42 Å². The van der Waals surface area contributed by atoms with E-state index >= 15 is 0 Å². The molecule has 0 bridgehead atoms. The lowest BCUT2D eigenvalue weighted by Gasteiger charge is -2.23. The average molecular weight is 251 g/mol. The highest BCUT2D eigenvalue weighted by Crippen LogP contribution is 2.33. The topological polar surface area (TPSA) is 12.0 Å². The van der Waals surface area contributed by atoms with Crippen LogP contribution in [0.5, 0.6) is 0 Å². The maximum atomic E-state index is 3.56. The number of hydrogen-bond acceptors (Lipinski definition) is 2. The normalized spacial score (nSPS) is 18.6. The third-order valence-electron chi connectivity index (χ3n) is 4.06. The molecule has 1 atom stereocenters. The lowest BCUT2D eigenvalue weighted by molar-refractivity contribution is 0.307. The van der Waals surface area contributed by atoms with Gasteiger partial charge in [-0.25, -0.2) is 0 Å². The van der Waals surface area contributed by atoms with Crippen LogP contribution in [0.4, 0.5) is 0 Å². The molecule has 1 fully saturated rings. The molecular weight excluding hydrogens is 226 g/mol. The van der Waals surface area contributed by atoms with Crippen LogP contribution in [0.2, 0.25) is 0 Å². The van der Waals surface area contributed by atoms with E-state index in [-0.39, 0.29) is 0 Å². The van der Waals surface area contributed by atoms with Gasteiger partial charge in [-0.2, -0.15) is 0 Å². The Kier molecular flexibility index (Phi) is 5.53. The van der Waals surface area contributed by atoms with Crippen LogP contribution in [-0.4, -0.2) is 13.1 Å². The first kappa shape index (κ1) is 13.1. The van der Waals surface area contributed by atoms with Crippen LogP contribution < -0.4 is 5.32 Å². The van der Waals surface area contributed by atoms with Crippen molar-refractivity contribution >= 4 is 11.3 Å². The molecule has 1 unspecified atom stereocenters. The summed E-state index contributed by atoms with van der Waals surface area (Å²) in [6.45, 7) is 4.56. The first-order valence-corrected chi connectivity index (χ1v) is 8.01. The monoisotopic (exact) mass is 251 g/mol. The highest BCUT2D eigenvalue weighted by atomic mass is 32.1. The van der Waals surface area contributed by atoms with Gasteiger partial charge in [-0.1, -0.05) is 38.7 Å². The molecule has 0 saturated heterocycles. The molecule has 1 aromatic heterocycles. The van der Waals surface area contributed by atoms with Gasteiger partial charge >= 0.3 is 0 Å². The molecule has 0 spiro atoms. The predicted molar refractivity (Wildman–Crippen MR) is 76.6 cm³/mol. The van der Waals surface area contributed by atoms with Gasteiger partial charge in [0.2, 0.25) is 0 Å². The Morgan fingerprint density at radius 1 is 1.41 bits per heavy atom. The van der Waals surface area contributed by atoms with Crippen LogP contribution >= 0.6 is 11.3 Å². The van der Waals surface area contributed by atoms with Gasteiger partial charge in [0, 0.05) is 4.88 Å². The molecule has 1 heterocycles. The minimum absolute atomic E-state index is 0.902. The zero-order valence-corrected chi connectivity index (χ0v) is 11.8. The molecule has 96 valence electrons. The lowest BCUT2D eigenvalue weighted by Crippen LogP contribution is -2.27. The van der Waals surface area contributed by atoms with Gasteiger partial charge in [0.15, 0.2) is 0 Å². The molecule has 1 aliphatic carbocycles. The SMILES string of the molecule is CCNCC(CCc1cccs1)C1CCCC1. The summed E-state index contributed by atoms with van der Waals surface area (Å²) in [6, 6.07) is 4.46. The van der Waals surface area contributed by atoms with Gasteiger partial charge in [0.05, 0.1) is 0 Å². The molecule has 17 heavy (non-hydrogen) atoms. The molecule has 1 aromatic rings. The Balaban J connectivity index is 1.81. The fourth-order valence-corrected chi connectivity index (χ4v) is 3.77. The molecule has 2 heteroatoms. The minimum Gasteiger partial charge on any atom is -0.317 e. The van der Waals surface area contributed by atoms with Crippen LogP contribution in [0, 0.1) is 11.8 Å². The Hall–Kier alpha value is -0.340. The third kappa shape index (κ3) is 4.11. The first-order valence-electron chi connectivity index (χ1n) is 7.13. The zero-order chi connectivity index (χ0) is 11.9. The van der Waals surface area contributed by atoms with Crippen molar-refractivity contribution in [2.24, 2.45) is 11.8 Å². The van der Waals surface area contributed by atoms with E-state index in [2.05, 4.69) is 29.8 Å². The quantitative estimate of drug-likeness (QED) is 0.769. The van der Waals surface area contributed by atoms with Crippen molar-refractivity contribution in [1.82, 2.24) is 5.32 Å². The summed E-state index contributed by atoms with van der Waals surface area (Å²) in [6.07, 6.45) is 8.53. The predicted octanol–water partition coefficient (Wildman–Crippen LogP) is 4.10. The second kappa shape index (κ2) is 7.17. The number of hydrogen-bond donors (Lipinski definition) is 1. The van der Waals surface area contributed by atoms with Crippen molar-refractivity contribution in [1.29, 1.82) is 0 Å². The molecule has 0 radical (unpaired) electrons. The smallest absolute Gasteiger partial charge is 0.00453 e. The van der Waals surface area contributed by atoms with Gasteiger partial charge in [0.1, 0.15) is 0 Å². The Bertz CT molecular complexity index is 288. The molecule has 1 nitrogen and oxygen atoms in total. The van der Waals surface area contributed by atoms with Crippen molar-refractivity contribution in [3.63, 3.8) is 0 Å². The van der Waals surface area contributed by atoms with Crippen molar-refractivity contribution < 1.29 is 0 Å². The number of rotatable bonds is 7. The summed E-state index contributed by atoms with van der Waals surface area (Å²) in [5.41, 5.74) is 0. The summed E-state index contributed by atoms with van der Waals surface area (Å²) in [5, 5.41) is 5.76. The van der Waals surface area contributed by atoms with Crippen molar-refractivity contribution in [2.45, 2.75) is 45.4 Å². The molecular formula is C15H25NS. The fourth-order valence-electron chi connectivity index (χ4n) is 3.05. The van der Waals surface area contributed by atoms with Gasteiger partial charge in [-0.3, -0.25) is 0 Å². The zero-order valence-electron chi connectivity index (χ0n) is 11.0. The molecule has 0 amide bonds. The molecule has 1 N–H and O–H groups in total. The summed E-state index contributed by atoms with van der Waals surface area (Å²) in [5.74, 6) is 1.90. The maximum absolute atomic E-state index is 3.56. The highest BCUT2D eigenvalue weighted by molar-refractivity contribution is 7.09. The first-order chi connectivity index (χ1) is 8.40. The van der Waals surface area contributed by atoms with E-state index in [0.717, 1.165) is 18.4 Å². The summed E-state index contributed by atoms with van der Waals surface area (Å²) in [4.78, 5) is 1.56. The van der Waals surface area contributed by atoms with E-state index in [1.165, 1.54) is 45.1 Å². The van der Waals surface area contributed by atoms with Crippen molar-refractivity contribution in [3.8, 4) is 0 Å². The highest BCUT2D eigenvalue weighted by Gasteiger charge is 2.24. The molecule has 0 aromatic carbocycles. The molecule has 0 aliphatic heterocycles. The average Bonchev–Trinajstić information content (AvgIpc) is 3.01. The number of aryl methyl sites for hydroxylation is 1. The van der Waals surface area contributed by atoms with Crippen LogP contribution in [0.15, 0.2) is 17.5 Å². The second-order valence-corrected chi connectivity index (χ2v) is 6.26. The van der Waals surface area contributed by atoms with Crippen LogP contribution in [0.25, 0.3) is 0 Å². The Morgan fingerprint density at radius 3 is 2.88 bits per heavy atom. The molecule has 1 saturated carbocycles. The van der Waals surface area contributed by atoms with Gasteiger partial charge in [0.25, 0.3) is 0 Å². The van der Waals surface area contributed by atoms with E-state index in [9.17, 15) is 0 Å². The number of nitrogens with one attached hydrogen (secondary N) is 1. The Morgan fingerprint density at radius 2 is 2.24 bits per heavy atom. The minimum atomic E-state index is 0.902. The van der Waals surface area contributed by atoms with Crippen molar-refractivity contribution in [2.75, 3.05) is 13.1 Å². The van der Waals surface area contributed by atoms with E-state index in [4.69, 9.17) is 0 Å². The largest absolute Gasteiger partial charge is 0.317 e. The third-order valence-corrected chi connectivity index (χ3v) is 5.00. The van der Waals surface area contributed by atoms with Crippen LogP contribution in [0.1, 0.15) is 43.9 Å².